The summed E-state index contributed by atoms with van der Waals surface area (Å²) in [5.41, 5.74) is 0.505. The van der Waals surface area contributed by atoms with Crippen molar-refractivity contribution in [3.05, 3.63) is 69.9 Å². The highest BCUT2D eigenvalue weighted by atomic mass is 35.5. The lowest BCUT2D eigenvalue weighted by atomic mass is 9.72. The van der Waals surface area contributed by atoms with E-state index in [-0.39, 0.29) is 29.6 Å². The van der Waals surface area contributed by atoms with Crippen LogP contribution >= 0.6 is 11.6 Å². The number of nitrogens with zero attached hydrogens (tertiary/aromatic N) is 3. The van der Waals surface area contributed by atoms with Crippen LogP contribution in [-0.4, -0.2) is 45.9 Å². The summed E-state index contributed by atoms with van der Waals surface area (Å²) < 4.78 is 29.1. The van der Waals surface area contributed by atoms with Gasteiger partial charge in [0, 0.05) is 24.6 Å². The molecule has 1 aromatic heterocycles. The lowest BCUT2D eigenvalue weighted by molar-refractivity contribution is -0.153. The van der Waals surface area contributed by atoms with Gasteiger partial charge in [-0.05, 0) is 63.1 Å². The Bertz CT molecular complexity index is 1170. The molecule has 3 heterocycles. The standard InChI is InChI=1S/C25H27ClF2N4O2/c1-15-10-22(29-13-15)31-21-7-6-19(27)20(30-21)12-25(24(33)34)8-9-32(16(2)11-25)14-17-4-3-5-18(26)23(17)28/h3-7,10,16H,8-9,11-14H2,1-2H3,(H,33,34)(H,29,30,31)/t16-,25+/m1/s1. The van der Waals surface area contributed by atoms with Crippen LogP contribution in [0.4, 0.5) is 14.6 Å². The molecule has 2 aliphatic rings. The molecule has 4 rings (SSSR count). The van der Waals surface area contributed by atoms with Gasteiger partial charge in [-0.3, -0.25) is 14.7 Å². The maximum atomic E-state index is 14.7. The first-order chi connectivity index (χ1) is 16.2. The Labute approximate surface area is 202 Å². The largest absolute Gasteiger partial charge is 0.481 e. The number of aliphatic imine (C=N–C) groups is 1. The average Bonchev–Trinajstić information content (AvgIpc) is 3.20. The molecule has 1 fully saturated rings. The summed E-state index contributed by atoms with van der Waals surface area (Å²) >= 11 is 5.90. The number of nitrogens with one attached hydrogen (secondary N) is 1. The van der Waals surface area contributed by atoms with Crippen molar-refractivity contribution in [3.63, 3.8) is 0 Å². The first kappa shape index (κ1) is 24.3. The fourth-order valence-corrected chi connectivity index (χ4v) is 4.86. The Balaban J connectivity index is 1.51. The van der Waals surface area contributed by atoms with Crippen molar-refractivity contribution in [2.75, 3.05) is 18.4 Å². The second kappa shape index (κ2) is 9.80. The normalized spacial score (nSPS) is 22.9. The van der Waals surface area contributed by atoms with Crippen LogP contribution in [0.5, 0.6) is 0 Å². The first-order valence-electron chi connectivity index (χ1n) is 11.2. The number of piperidine rings is 1. The molecule has 0 bridgehead atoms. The van der Waals surface area contributed by atoms with Crippen molar-refractivity contribution in [1.29, 1.82) is 0 Å². The van der Waals surface area contributed by atoms with Crippen LogP contribution in [-0.2, 0) is 17.8 Å². The lowest BCUT2D eigenvalue weighted by Gasteiger charge is -2.43. The molecule has 2 atom stereocenters. The monoisotopic (exact) mass is 488 g/mol. The number of carboxylic acids is 1. The van der Waals surface area contributed by atoms with Crippen molar-refractivity contribution in [2.45, 2.75) is 45.7 Å². The van der Waals surface area contributed by atoms with Crippen LogP contribution in [0.15, 0.2) is 47.0 Å². The Morgan fingerprint density at radius 2 is 2.12 bits per heavy atom. The molecule has 0 aliphatic carbocycles. The molecule has 0 saturated carbocycles. The number of amidine groups is 1. The number of hydrogen-bond donors (Lipinski definition) is 2. The van der Waals surface area contributed by atoms with E-state index < -0.39 is 23.0 Å². The lowest BCUT2D eigenvalue weighted by Crippen LogP contribution is -2.50. The predicted molar refractivity (Wildman–Crippen MR) is 128 cm³/mol. The molecule has 2 aliphatic heterocycles. The van der Waals surface area contributed by atoms with E-state index in [1.54, 1.807) is 12.1 Å². The third-order valence-corrected chi connectivity index (χ3v) is 6.90. The van der Waals surface area contributed by atoms with E-state index in [1.165, 1.54) is 18.2 Å². The molecule has 0 spiro atoms. The highest BCUT2D eigenvalue weighted by Crippen LogP contribution is 2.39. The summed E-state index contributed by atoms with van der Waals surface area (Å²) in [5, 5.41) is 13.3. The van der Waals surface area contributed by atoms with Gasteiger partial charge in [-0.2, -0.15) is 0 Å². The van der Waals surface area contributed by atoms with Gasteiger partial charge in [-0.1, -0.05) is 23.7 Å². The Morgan fingerprint density at radius 1 is 1.32 bits per heavy atom. The third-order valence-electron chi connectivity index (χ3n) is 6.61. The van der Waals surface area contributed by atoms with Crippen LogP contribution in [0.3, 0.4) is 0 Å². The number of aromatic nitrogens is 1. The maximum Gasteiger partial charge on any atom is 0.310 e. The molecule has 6 nitrogen and oxygen atoms in total. The molecule has 0 unspecified atom stereocenters. The van der Waals surface area contributed by atoms with Crippen molar-refractivity contribution in [1.82, 2.24) is 9.88 Å². The summed E-state index contributed by atoms with van der Waals surface area (Å²) in [6.07, 6.45) is 2.44. The van der Waals surface area contributed by atoms with Gasteiger partial charge in [0.1, 0.15) is 23.3 Å². The van der Waals surface area contributed by atoms with Crippen LogP contribution in [0.2, 0.25) is 5.02 Å². The zero-order valence-electron chi connectivity index (χ0n) is 19.1. The number of aliphatic carboxylic acids is 1. The van der Waals surface area contributed by atoms with Gasteiger partial charge < -0.3 is 10.4 Å². The van der Waals surface area contributed by atoms with Gasteiger partial charge in [0.2, 0.25) is 0 Å². The number of rotatable bonds is 6. The fraction of sp³-hybridized carbons (Fsp3) is 0.400. The molecule has 1 aromatic carbocycles. The summed E-state index contributed by atoms with van der Waals surface area (Å²) in [7, 11) is 0. The van der Waals surface area contributed by atoms with Gasteiger partial charge in [-0.25, -0.2) is 13.8 Å². The number of anilines is 1. The van der Waals surface area contributed by atoms with E-state index in [9.17, 15) is 18.7 Å². The SMILES string of the molecule is CC1=CC(Nc2ccc(F)c(C[C@]3(C(=O)O)CCN(Cc4cccc(Cl)c4F)[C@H](C)C3)n2)=NC1. The van der Waals surface area contributed by atoms with Gasteiger partial charge >= 0.3 is 5.97 Å². The van der Waals surface area contributed by atoms with E-state index >= 15 is 0 Å². The maximum absolute atomic E-state index is 14.7. The van der Waals surface area contributed by atoms with Gasteiger partial charge in [0.15, 0.2) is 0 Å². The Morgan fingerprint density at radius 3 is 2.79 bits per heavy atom. The number of halogens is 3. The number of pyridine rings is 1. The van der Waals surface area contributed by atoms with Crippen molar-refractivity contribution in [3.8, 4) is 0 Å². The number of hydrogen-bond acceptors (Lipinski definition) is 5. The summed E-state index contributed by atoms with van der Waals surface area (Å²) in [4.78, 5) is 23.2. The summed E-state index contributed by atoms with van der Waals surface area (Å²) in [6.45, 7) is 5.23. The topological polar surface area (TPSA) is 77.8 Å². The van der Waals surface area contributed by atoms with Crippen molar-refractivity contribution in [2.24, 2.45) is 10.4 Å². The van der Waals surface area contributed by atoms with E-state index in [1.807, 2.05) is 24.8 Å². The van der Waals surface area contributed by atoms with Crippen LogP contribution in [0.25, 0.3) is 0 Å². The minimum Gasteiger partial charge on any atom is -0.481 e. The molecular weight excluding hydrogens is 462 g/mol. The minimum absolute atomic E-state index is 0.0330. The molecule has 180 valence electrons. The highest BCUT2D eigenvalue weighted by molar-refractivity contribution is 6.30. The zero-order chi connectivity index (χ0) is 24.5. The molecule has 9 heteroatoms. The Kier molecular flexibility index (Phi) is 7.00. The van der Waals surface area contributed by atoms with Crippen LogP contribution < -0.4 is 5.32 Å². The molecule has 34 heavy (non-hydrogen) atoms. The van der Waals surface area contributed by atoms with Crippen LogP contribution in [0, 0.1) is 17.0 Å². The minimum atomic E-state index is -1.17. The molecule has 2 N–H and O–H groups in total. The number of carboxylic acid groups (broad SMARTS) is 1. The quantitative estimate of drug-likeness (QED) is 0.592. The van der Waals surface area contributed by atoms with E-state index in [2.05, 4.69) is 15.3 Å². The van der Waals surface area contributed by atoms with E-state index in [0.29, 0.717) is 43.3 Å². The van der Waals surface area contributed by atoms with Gasteiger partial charge in [0.25, 0.3) is 0 Å². The van der Waals surface area contributed by atoms with Crippen molar-refractivity contribution < 1.29 is 18.7 Å². The average molecular weight is 489 g/mol. The van der Waals surface area contributed by atoms with Crippen LogP contribution in [0.1, 0.15) is 37.9 Å². The fourth-order valence-electron chi connectivity index (χ4n) is 4.67. The number of likely N-dealkylation sites (tertiary alicyclic amines) is 1. The van der Waals surface area contributed by atoms with E-state index in [4.69, 9.17) is 11.6 Å². The van der Waals surface area contributed by atoms with E-state index in [0.717, 1.165) is 5.57 Å². The Hall–Kier alpha value is -2.84. The second-order valence-corrected chi connectivity index (χ2v) is 9.60. The first-order valence-corrected chi connectivity index (χ1v) is 11.6. The molecule has 2 aromatic rings. The summed E-state index contributed by atoms with van der Waals surface area (Å²) in [5.74, 6) is -0.915. The second-order valence-electron chi connectivity index (χ2n) is 9.19. The van der Waals surface area contributed by atoms with Gasteiger partial charge in [-0.15, -0.1) is 0 Å². The molecule has 0 radical (unpaired) electrons. The predicted octanol–water partition coefficient (Wildman–Crippen LogP) is 5.08. The van der Waals surface area contributed by atoms with Gasteiger partial charge in [0.05, 0.1) is 22.7 Å². The third kappa shape index (κ3) is 5.13. The number of benzene rings is 1. The molecule has 1 saturated heterocycles. The zero-order valence-corrected chi connectivity index (χ0v) is 19.9. The smallest absolute Gasteiger partial charge is 0.310 e. The number of carbonyl (C=O) groups is 1. The van der Waals surface area contributed by atoms with Crippen molar-refractivity contribution >= 4 is 29.2 Å². The molecular formula is C25H27ClF2N4O2. The summed E-state index contributed by atoms with van der Waals surface area (Å²) in [6, 6.07) is 7.52. The molecule has 0 amide bonds. The highest BCUT2D eigenvalue weighted by Gasteiger charge is 2.45.